The van der Waals surface area contributed by atoms with Crippen molar-refractivity contribution in [2.75, 3.05) is 13.2 Å². The average Bonchev–Trinajstić information content (AvgIpc) is 2.36. The van der Waals surface area contributed by atoms with Crippen molar-refractivity contribution < 1.29 is 4.74 Å². The minimum Gasteiger partial charge on any atom is -0.381 e. The summed E-state index contributed by atoms with van der Waals surface area (Å²) in [6.45, 7) is 1.72. The Morgan fingerprint density at radius 2 is 2.11 bits per heavy atom. The van der Waals surface area contributed by atoms with Crippen molar-refractivity contribution in [1.29, 1.82) is 0 Å². The molecule has 1 aromatic carbocycles. The molecule has 0 spiro atoms. The van der Waals surface area contributed by atoms with E-state index in [1.54, 1.807) is 0 Å². The molecule has 1 fully saturated rings. The molecule has 0 aromatic heterocycles. The van der Waals surface area contributed by atoms with Gasteiger partial charge in [-0.15, -0.1) is 0 Å². The summed E-state index contributed by atoms with van der Waals surface area (Å²) in [5, 5.41) is 0.728. The van der Waals surface area contributed by atoms with E-state index in [4.69, 9.17) is 22.2 Å². The Bertz CT molecular complexity index is 376. The lowest BCUT2D eigenvalue weighted by atomic mass is 9.90. The molecular formula is C13H18BrClN2O. The SMILES string of the molecule is NNC(CC1CCOCC1)c1cc(Cl)cc(Br)c1. The van der Waals surface area contributed by atoms with Crippen molar-refractivity contribution in [1.82, 2.24) is 5.43 Å². The fraction of sp³-hybridized carbons (Fsp3) is 0.538. The Balaban J connectivity index is 2.06. The first-order valence-electron chi connectivity index (χ1n) is 6.19. The Labute approximate surface area is 121 Å². The molecule has 0 aliphatic carbocycles. The van der Waals surface area contributed by atoms with E-state index in [1.807, 2.05) is 12.1 Å². The lowest BCUT2D eigenvalue weighted by Crippen LogP contribution is -2.31. The zero-order valence-corrected chi connectivity index (χ0v) is 12.5. The number of rotatable bonds is 4. The van der Waals surface area contributed by atoms with Gasteiger partial charge in [0.2, 0.25) is 0 Å². The van der Waals surface area contributed by atoms with Gasteiger partial charge in [0.1, 0.15) is 0 Å². The first-order valence-corrected chi connectivity index (χ1v) is 7.36. The lowest BCUT2D eigenvalue weighted by molar-refractivity contribution is 0.0605. The molecule has 2 rings (SSSR count). The van der Waals surface area contributed by atoms with Gasteiger partial charge in [0.05, 0.1) is 0 Å². The van der Waals surface area contributed by atoms with Crippen molar-refractivity contribution in [2.24, 2.45) is 11.8 Å². The standard InChI is InChI=1S/C13H18BrClN2O/c14-11-6-10(7-12(15)8-11)13(17-16)5-9-1-3-18-4-2-9/h6-9,13,17H,1-5,16H2. The van der Waals surface area contributed by atoms with Gasteiger partial charge in [-0.2, -0.15) is 0 Å². The second-order valence-corrected chi connectivity index (χ2v) is 6.07. The number of benzene rings is 1. The maximum Gasteiger partial charge on any atom is 0.0468 e. The van der Waals surface area contributed by atoms with Crippen molar-refractivity contribution in [2.45, 2.75) is 25.3 Å². The fourth-order valence-electron chi connectivity index (χ4n) is 2.39. The highest BCUT2D eigenvalue weighted by Gasteiger charge is 2.20. The number of hydrogen-bond donors (Lipinski definition) is 2. The molecule has 3 nitrogen and oxygen atoms in total. The molecule has 100 valence electrons. The molecular weight excluding hydrogens is 316 g/mol. The molecule has 1 aliphatic rings. The number of nitrogens with one attached hydrogen (secondary N) is 1. The van der Waals surface area contributed by atoms with E-state index in [9.17, 15) is 0 Å². The largest absolute Gasteiger partial charge is 0.381 e. The minimum absolute atomic E-state index is 0.142. The Hall–Kier alpha value is -0.130. The maximum absolute atomic E-state index is 6.08. The third-order valence-corrected chi connectivity index (χ3v) is 4.07. The van der Waals surface area contributed by atoms with Crippen LogP contribution < -0.4 is 11.3 Å². The minimum atomic E-state index is 0.142. The van der Waals surface area contributed by atoms with Crippen LogP contribution in [0.3, 0.4) is 0 Å². The molecule has 1 saturated heterocycles. The van der Waals surface area contributed by atoms with Crippen LogP contribution in [0.1, 0.15) is 30.9 Å². The summed E-state index contributed by atoms with van der Waals surface area (Å²) in [6.07, 6.45) is 3.24. The van der Waals surface area contributed by atoms with E-state index < -0.39 is 0 Å². The highest BCUT2D eigenvalue weighted by Crippen LogP contribution is 2.30. The van der Waals surface area contributed by atoms with Crippen molar-refractivity contribution in [3.05, 3.63) is 33.3 Å². The van der Waals surface area contributed by atoms with Crippen LogP contribution in [0.5, 0.6) is 0 Å². The number of ether oxygens (including phenoxy) is 1. The molecule has 0 bridgehead atoms. The van der Waals surface area contributed by atoms with Gasteiger partial charge in [0.15, 0.2) is 0 Å². The van der Waals surface area contributed by atoms with E-state index in [-0.39, 0.29) is 6.04 Å². The highest BCUT2D eigenvalue weighted by atomic mass is 79.9. The Morgan fingerprint density at radius 1 is 1.39 bits per heavy atom. The second kappa shape index (κ2) is 6.87. The quantitative estimate of drug-likeness (QED) is 0.655. The lowest BCUT2D eigenvalue weighted by Gasteiger charge is -2.26. The van der Waals surface area contributed by atoms with Crippen molar-refractivity contribution in [3.63, 3.8) is 0 Å². The summed E-state index contributed by atoms with van der Waals surface area (Å²) >= 11 is 9.54. The first kappa shape index (κ1) is 14.3. The zero-order valence-electron chi connectivity index (χ0n) is 10.2. The third-order valence-electron chi connectivity index (χ3n) is 3.40. The predicted octanol–water partition coefficient (Wildman–Crippen LogP) is 3.42. The van der Waals surface area contributed by atoms with Crippen LogP contribution in [0, 0.1) is 5.92 Å². The van der Waals surface area contributed by atoms with E-state index >= 15 is 0 Å². The average molecular weight is 334 g/mol. The van der Waals surface area contributed by atoms with Gasteiger partial charge in [0.25, 0.3) is 0 Å². The molecule has 0 saturated carbocycles. The van der Waals surface area contributed by atoms with Crippen LogP contribution in [0.4, 0.5) is 0 Å². The fourth-order valence-corrected chi connectivity index (χ4v) is 3.28. The molecule has 18 heavy (non-hydrogen) atoms. The smallest absolute Gasteiger partial charge is 0.0468 e. The molecule has 0 radical (unpaired) electrons. The molecule has 1 unspecified atom stereocenters. The van der Waals surface area contributed by atoms with Gasteiger partial charge in [0, 0.05) is 28.8 Å². The molecule has 0 amide bonds. The van der Waals surface area contributed by atoms with Gasteiger partial charge in [-0.05, 0) is 48.9 Å². The monoisotopic (exact) mass is 332 g/mol. The third kappa shape index (κ3) is 3.93. The van der Waals surface area contributed by atoms with Gasteiger partial charge in [-0.1, -0.05) is 27.5 Å². The zero-order chi connectivity index (χ0) is 13.0. The predicted molar refractivity (Wildman–Crippen MR) is 77.4 cm³/mol. The molecule has 5 heteroatoms. The van der Waals surface area contributed by atoms with Gasteiger partial charge >= 0.3 is 0 Å². The maximum atomic E-state index is 6.08. The molecule has 1 aliphatic heterocycles. The summed E-state index contributed by atoms with van der Waals surface area (Å²) in [6, 6.07) is 6.06. The van der Waals surface area contributed by atoms with Crippen LogP contribution in [0.2, 0.25) is 5.02 Å². The van der Waals surface area contributed by atoms with E-state index in [2.05, 4.69) is 27.4 Å². The van der Waals surface area contributed by atoms with E-state index in [0.717, 1.165) is 47.5 Å². The summed E-state index contributed by atoms with van der Waals surface area (Å²) < 4.78 is 6.36. The summed E-state index contributed by atoms with van der Waals surface area (Å²) in [7, 11) is 0. The number of nitrogens with two attached hydrogens (primary N) is 1. The summed E-state index contributed by atoms with van der Waals surface area (Å²) in [4.78, 5) is 0. The van der Waals surface area contributed by atoms with Crippen molar-refractivity contribution in [3.8, 4) is 0 Å². The number of halogens is 2. The molecule has 3 N–H and O–H groups in total. The Morgan fingerprint density at radius 3 is 2.72 bits per heavy atom. The van der Waals surface area contributed by atoms with Crippen LogP contribution >= 0.6 is 27.5 Å². The number of hydrogen-bond acceptors (Lipinski definition) is 3. The van der Waals surface area contributed by atoms with Crippen LogP contribution in [-0.4, -0.2) is 13.2 Å². The molecule has 1 aromatic rings. The Kier molecular flexibility index (Phi) is 5.45. The number of hydrazine groups is 1. The highest BCUT2D eigenvalue weighted by molar-refractivity contribution is 9.10. The van der Waals surface area contributed by atoms with Crippen LogP contribution in [0.15, 0.2) is 22.7 Å². The van der Waals surface area contributed by atoms with Crippen LogP contribution in [-0.2, 0) is 4.74 Å². The molecule has 1 heterocycles. The second-order valence-electron chi connectivity index (χ2n) is 4.71. The van der Waals surface area contributed by atoms with E-state index in [0.29, 0.717) is 5.92 Å². The topological polar surface area (TPSA) is 47.3 Å². The van der Waals surface area contributed by atoms with Crippen LogP contribution in [0.25, 0.3) is 0 Å². The normalized spacial score (nSPS) is 18.8. The first-order chi connectivity index (χ1) is 8.69. The van der Waals surface area contributed by atoms with Gasteiger partial charge < -0.3 is 4.74 Å². The van der Waals surface area contributed by atoms with Gasteiger partial charge in [-0.25, -0.2) is 0 Å². The summed E-state index contributed by atoms with van der Waals surface area (Å²) in [5.41, 5.74) is 4.03. The summed E-state index contributed by atoms with van der Waals surface area (Å²) in [5.74, 6) is 6.35. The molecule has 1 atom stereocenters. The van der Waals surface area contributed by atoms with E-state index in [1.165, 1.54) is 0 Å². The van der Waals surface area contributed by atoms with Crippen molar-refractivity contribution >= 4 is 27.5 Å². The van der Waals surface area contributed by atoms with Gasteiger partial charge in [-0.3, -0.25) is 11.3 Å².